The lowest BCUT2D eigenvalue weighted by atomic mass is 9.86. The SMILES string of the molecule is CCN(CC)n1nc2ccc(C(C)(C)C)cc2c1C(=O)C(=O)OC. The standard InChI is InChI=1S/C18H25N3O3/c1-7-20(8-2)21-15(16(22)17(23)24-6)13-11-12(18(3,4)5)9-10-14(13)19-21/h9-11H,7-8H2,1-6H3. The minimum atomic E-state index is -0.883. The highest BCUT2D eigenvalue weighted by Crippen LogP contribution is 2.28. The maximum Gasteiger partial charge on any atom is 0.381 e. The highest BCUT2D eigenvalue weighted by molar-refractivity contribution is 6.42. The van der Waals surface area contributed by atoms with Crippen molar-refractivity contribution in [2.75, 3.05) is 25.2 Å². The third-order valence-corrected chi connectivity index (χ3v) is 4.10. The molecule has 6 heteroatoms. The van der Waals surface area contributed by atoms with Gasteiger partial charge in [0, 0.05) is 18.5 Å². The zero-order valence-corrected chi connectivity index (χ0v) is 15.2. The number of benzene rings is 1. The van der Waals surface area contributed by atoms with Crippen molar-refractivity contribution >= 4 is 22.7 Å². The molecule has 24 heavy (non-hydrogen) atoms. The van der Waals surface area contributed by atoms with Crippen LogP contribution in [0.2, 0.25) is 0 Å². The number of hydrogen-bond donors (Lipinski definition) is 0. The molecule has 1 aromatic carbocycles. The number of hydrogen-bond acceptors (Lipinski definition) is 5. The second kappa shape index (κ2) is 6.63. The van der Waals surface area contributed by atoms with Gasteiger partial charge < -0.3 is 4.74 Å². The molecule has 0 atom stereocenters. The predicted molar refractivity (Wildman–Crippen MR) is 94.1 cm³/mol. The number of ketones is 1. The molecule has 2 rings (SSSR count). The fraction of sp³-hybridized carbons (Fsp3) is 0.500. The first-order chi connectivity index (χ1) is 11.2. The molecule has 1 aromatic heterocycles. The van der Waals surface area contributed by atoms with Crippen LogP contribution < -0.4 is 5.01 Å². The third kappa shape index (κ3) is 3.13. The largest absolute Gasteiger partial charge is 0.463 e. The molecule has 0 saturated carbocycles. The normalized spacial score (nSPS) is 11.6. The molecule has 0 aliphatic rings. The predicted octanol–water partition coefficient (Wildman–Crippen LogP) is 2.67. The maximum atomic E-state index is 12.6. The van der Waals surface area contributed by atoms with Gasteiger partial charge in [0.25, 0.3) is 5.78 Å². The van der Waals surface area contributed by atoms with Crippen molar-refractivity contribution in [3.8, 4) is 0 Å². The van der Waals surface area contributed by atoms with Crippen molar-refractivity contribution < 1.29 is 14.3 Å². The number of Topliss-reactive ketones (excluding diaryl/α,β-unsaturated/α-hetero) is 1. The Morgan fingerprint density at radius 1 is 1.21 bits per heavy atom. The fourth-order valence-electron chi connectivity index (χ4n) is 2.64. The van der Waals surface area contributed by atoms with Crippen LogP contribution in [0.4, 0.5) is 0 Å². The van der Waals surface area contributed by atoms with E-state index in [-0.39, 0.29) is 11.1 Å². The highest BCUT2D eigenvalue weighted by atomic mass is 16.5. The molecular formula is C18H25N3O3. The summed E-state index contributed by atoms with van der Waals surface area (Å²) in [5.74, 6) is -1.57. The molecular weight excluding hydrogens is 306 g/mol. The van der Waals surface area contributed by atoms with Gasteiger partial charge in [0.2, 0.25) is 0 Å². The van der Waals surface area contributed by atoms with E-state index < -0.39 is 11.8 Å². The van der Waals surface area contributed by atoms with Crippen molar-refractivity contribution in [2.24, 2.45) is 0 Å². The van der Waals surface area contributed by atoms with E-state index in [0.29, 0.717) is 24.0 Å². The Hall–Kier alpha value is -2.37. The molecule has 1 heterocycles. The Kier molecular flexibility index (Phi) is 4.96. The summed E-state index contributed by atoms with van der Waals surface area (Å²) >= 11 is 0. The second-order valence-electron chi connectivity index (χ2n) is 6.68. The lowest BCUT2D eigenvalue weighted by Gasteiger charge is -2.22. The Morgan fingerprint density at radius 3 is 2.33 bits per heavy atom. The summed E-state index contributed by atoms with van der Waals surface area (Å²) in [6.45, 7) is 11.6. The van der Waals surface area contributed by atoms with Crippen LogP contribution in [-0.4, -0.2) is 41.8 Å². The average Bonchev–Trinajstić information content (AvgIpc) is 2.92. The molecule has 6 nitrogen and oxygen atoms in total. The van der Waals surface area contributed by atoms with E-state index >= 15 is 0 Å². The zero-order chi connectivity index (χ0) is 18.1. The second-order valence-corrected chi connectivity index (χ2v) is 6.68. The Bertz CT molecular complexity index is 768. The number of nitrogens with zero attached hydrogens (tertiary/aromatic N) is 3. The van der Waals surface area contributed by atoms with Crippen LogP contribution in [-0.2, 0) is 14.9 Å². The van der Waals surface area contributed by atoms with E-state index in [9.17, 15) is 9.59 Å². The van der Waals surface area contributed by atoms with Crippen molar-refractivity contribution in [1.82, 2.24) is 9.89 Å². The Balaban J connectivity index is 2.77. The minimum absolute atomic E-state index is 0.0723. The van der Waals surface area contributed by atoms with Crippen molar-refractivity contribution in [1.29, 1.82) is 0 Å². The van der Waals surface area contributed by atoms with Crippen LogP contribution in [0.15, 0.2) is 18.2 Å². The maximum absolute atomic E-state index is 12.6. The van der Waals surface area contributed by atoms with Crippen LogP contribution >= 0.6 is 0 Å². The van der Waals surface area contributed by atoms with Crippen LogP contribution in [0.5, 0.6) is 0 Å². The summed E-state index contributed by atoms with van der Waals surface area (Å²) in [5, 5.41) is 7.10. The summed E-state index contributed by atoms with van der Waals surface area (Å²) in [6.07, 6.45) is 0. The molecule has 0 bridgehead atoms. The van der Waals surface area contributed by atoms with Crippen LogP contribution in [0.3, 0.4) is 0 Å². The number of aromatic nitrogens is 2. The molecule has 0 radical (unpaired) electrons. The topological polar surface area (TPSA) is 64.4 Å². The highest BCUT2D eigenvalue weighted by Gasteiger charge is 2.28. The number of carbonyl (C=O) groups excluding carboxylic acids is 2. The Labute approximate surface area is 142 Å². The fourth-order valence-corrected chi connectivity index (χ4v) is 2.64. The summed E-state index contributed by atoms with van der Waals surface area (Å²) < 4.78 is 4.64. The van der Waals surface area contributed by atoms with E-state index in [1.54, 1.807) is 0 Å². The van der Waals surface area contributed by atoms with Gasteiger partial charge in [0.1, 0.15) is 5.69 Å². The first-order valence-electron chi connectivity index (χ1n) is 8.15. The van der Waals surface area contributed by atoms with E-state index in [4.69, 9.17) is 0 Å². The first kappa shape index (κ1) is 18.0. The van der Waals surface area contributed by atoms with Gasteiger partial charge in [-0.15, -0.1) is 0 Å². The van der Waals surface area contributed by atoms with Crippen molar-refractivity contribution in [3.05, 3.63) is 29.5 Å². The first-order valence-corrected chi connectivity index (χ1v) is 8.15. The van der Waals surface area contributed by atoms with Gasteiger partial charge in [-0.05, 0) is 37.0 Å². The van der Waals surface area contributed by atoms with Gasteiger partial charge in [-0.25, -0.2) is 4.79 Å². The van der Waals surface area contributed by atoms with Crippen LogP contribution in [0, 0.1) is 0 Å². The van der Waals surface area contributed by atoms with E-state index in [1.807, 2.05) is 37.1 Å². The van der Waals surface area contributed by atoms with Gasteiger partial charge in [-0.3, -0.25) is 9.80 Å². The molecule has 0 fully saturated rings. The molecule has 0 spiro atoms. The molecule has 0 saturated heterocycles. The molecule has 0 aliphatic heterocycles. The molecule has 0 unspecified atom stereocenters. The molecule has 2 aromatic rings. The van der Waals surface area contributed by atoms with Crippen LogP contribution in [0.1, 0.15) is 50.7 Å². The van der Waals surface area contributed by atoms with Gasteiger partial charge >= 0.3 is 5.97 Å². The molecule has 0 amide bonds. The van der Waals surface area contributed by atoms with E-state index in [2.05, 4.69) is 30.6 Å². The van der Waals surface area contributed by atoms with Gasteiger partial charge in [0.05, 0.1) is 12.6 Å². The number of fused-ring (bicyclic) bond motifs is 1. The quantitative estimate of drug-likeness (QED) is 0.479. The van der Waals surface area contributed by atoms with Crippen molar-refractivity contribution in [3.63, 3.8) is 0 Å². The average molecular weight is 331 g/mol. The zero-order valence-electron chi connectivity index (χ0n) is 15.2. The number of ether oxygens (including phenoxy) is 1. The summed E-state index contributed by atoms with van der Waals surface area (Å²) in [5.41, 5.74) is 1.94. The number of carbonyl (C=O) groups is 2. The van der Waals surface area contributed by atoms with E-state index in [0.717, 1.165) is 5.56 Å². The minimum Gasteiger partial charge on any atom is -0.463 e. The molecule has 130 valence electrons. The van der Waals surface area contributed by atoms with Crippen LogP contribution in [0.25, 0.3) is 10.9 Å². The Morgan fingerprint density at radius 2 is 1.83 bits per heavy atom. The van der Waals surface area contributed by atoms with E-state index in [1.165, 1.54) is 11.9 Å². The number of esters is 1. The monoisotopic (exact) mass is 331 g/mol. The summed E-state index contributed by atoms with van der Waals surface area (Å²) in [7, 11) is 1.21. The lowest BCUT2D eigenvalue weighted by Crippen LogP contribution is -2.38. The van der Waals surface area contributed by atoms with Crippen molar-refractivity contribution in [2.45, 2.75) is 40.0 Å². The molecule has 0 N–H and O–H groups in total. The summed E-state index contributed by atoms with van der Waals surface area (Å²) in [4.78, 5) is 26.0. The van der Waals surface area contributed by atoms with Gasteiger partial charge in [-0.1, -0.05) is 26.8 Å². The number of rotatable bonds is 5. The van der Waals surface area contributed by atoms with Gasteiger partial charge in [-0.2, -0.15) is 9.89 Å². The molecule has 0 aliphatic carbocycles. The smallest absolute Gasteiger partial charge is 0.381 e. The number of methoxy groups -OCH3 is 1. The lowest BCUT2D eigenvalue weighted by molar-refractivity contribution is -0.135. The van der Waals surface area contributed by atoms with Gasteiger partial charge in [0.15, 0.2) is 0 Å². The third-order valence-electron chi connectivity index (χ3n) is 4.10. The summed E-state index contributed by atoms with van der Waals surface area (Å²) in [6, 6.07) is 5.84.